The number of nitrogens with one attached hydrogen (secondary N) is 2. The molecule has 2 rings (SSSR count). The van der Waals surface area contributed by atoms with Crippen LogP contribution in [0.15, 0.2) is 54.6 Å². The van der Waals surface area contributed by atoms with E-state index in [1.165, 1.54) is 0 Å². The predicted molar refractivity (Wildman–Crippen MR) is 89.4 cm³/mol. The SMILES string of the molecule is CCOC(=O)C(NC(=O)c1ccccc1)Nc1ccc(Cl)cc1. The zero-order valence-corrected chi connectivity index (χ0v) is 13.3. The summed E-state index contributed by atoms with van der Waals surface area (Å²) in [6.07, 6.45) is -0.996. The van der Waals surface area contributed by atoms with Gasteiger partial charge < -0.3 is 15.4 Å². The van der Waals surface area contributed by atoms with Crippen LogP contribution in [0.5, 0.6) is 0 Å². The van der Waals surface area contributed by atoms with Gasteiger partial charge in [-0.3, -0.25) is 4.79 Å². The van der Waals surface area contributed by atoms with Crippen molar-refractivity contribution >= 4 is 29.2 Å². The van der Waals surface area contributed by atoms with Crippen molar-refractivity contribution in [1.82, 2.24) is 5.32 Å². The molecule has 2 aromatic rings. The topological polar surface area (TPSA) is 67.4 Å². The zero-order chi connectivity index (χ0) is 16.7. The summed E-state index contributed by atoms with van der Waals surface area (Å²) in [5.74, 6) is -0.933. The van der Waals surface area contributed by atoms with Crippen LogP contribution >= 0.6 is 11.6 Å². The summed E-state index contributed by atoms with van der Waals surface area (Å²) in [5, 5.41) is 6.13. The third-order valence-corrected chi connectivity index (χ3v) is 3.24. The number of amides is 1. The van der Waals surface area contributed by atoms with Crippen LogP contribution in [-0.2, 0) is 9.53 Å². The van der Waals surface area contributed by atoms with E-state index in [9.17, 15) is 9.59 Å². The Kier molecular flexibility index (Phi) is 6.00. The number of hydrogen-bond donors (Lipinski definition) is 2. The minimum absolute atomic E-state index is 0.221. The normalized spacial score (nSPS) is 11.4. The van der Waals surface area contributed by atoms with E-state index in [4.69, 9.17) is 16.3 Å². The molecule has 0 saturated heterocycles. The lowest BCUT2D eigenvalue weighted by molar-refractivity contribution is -0.144. The Morgan fingerprint density at radius 1 is 1.09 bits per heavy atom. The molecule has 2 N–H and O–H groups in total. The van der Waals surface area contributed by atoms with E-state index in [1.807, 2.05) is 6.07 Å². The molecule has 0 saturated carbocycles. The third kappa shape index (κ3) is 5.00. The van der Waals surface area contributed by atoms with Gasteiger partial charge in [-0.25, -0.2) is 4.79 Å². The Balaban J connectivity index is 2.12. The number of esters is 1. The molecular formula is C17H17ClN2O3. The van der Waals surface area contributed by atoms with Crippen LogP contribution in [0.4, 0.5) is 5.69 Å². The van der Waals surface area contributed by atoms with Crippen LogP contribution in [-0.4, -0.2) is 24.6 Å². The highest BCUT2D eigenvalue weighted by Crippen LogP contribution is 2.14. The quantitative estimate of drug-likeness (QED) is 0.630. The molecule has 0 heterocycles. The van der Waals surface area contributed by atoms with Gasteiger partial charge in [0.25, 0.3) is 5.91 Å². The van der Waals surface area contributed by atoms with Crippen LogP contribution in [0.1, 0.15) is 17.3 Å². The molecule has 0 aliphatic rings. The van der Waals surface area contributed by atoms with Gasteiger partial charge in [0.15, 0.2) is 6.17 Å². The van der Waals surface area contributed by atoms with Gasteiger partial charge in [-0.15, -0.1) is 0 Å². The smallest absolute Gasteiger partial charge is 0.349 e. The maximum absolute atomic E-state index is 12.2. The standard InChI is InChI=1S/C17H17ClN2O3/c1-2-23-17(22)15(19-14-10-8-13(18)9-11-14)20-16(21)12-6-4-3-5-7-12/h3-11,15,19H,2H2,1H3,(H,20,21). The van der Waals surface area contributed by atoms with Gasteiger partial charge in [0, 0.05) is 16.3 Å². The second kappa shape index (κ2) is 8.19. The highest BCUT2D eigenvalue weighted by Gasteiger charge is 2.22. The van der Waals surface area contributed by atoms with Crippen molar-refractivity contribution in [3.63, 3.8) is 0 Å². The molecule has 0 aliphatic carbocycles. The first-order valence-corrected chi connectivity index (χ1v) is 7.52. The molecule has 6 heteroatoms. The number of carbonyl (C=O) groups is 2. The number of rotatable bonds is 6. The van der Waals surface area contributed by atoms with Crippen molar-refractivity contribution in [3.8, 4) is 0 Å². The second-order valence-corrected chi connectivity index (χ2v) is 5.11. The van der Waals surface area contributed by atoms with Gasteiger partial charge in [-0.2, -0.15) is 0 Å². The Hall–Kier alpha value is -2.53. The number of benzene rings is 2. The van der Waals surface area contributed by atoms with Gasteiger partial charge in [0.05, 0.1) is 6.61 Å². The molecule has 0 spiro atoms. The first-order chi connectivity index (χ1) is 11.1. The lowest BCUT2D eigenvalue weighted by Crippen LogP contribution is -2.47. The minimum Gasteiger partial charge on any atom is -0.463 e. The maximum Gasteiger partial charge on any atom is 0.349 e. The summed E-state index contributed by atoms with van der Waals surface area (Å²) in [6.45, 7) is 1.93. The Morgan fingerprint density at radius 2 is 1.74 bits per heavy atom. The summed E-state index contributed by atoms with van der Waals surface area (Å²) in [6, 6.07) is 15.4. The van der Waals surface area contributed by atoms with Gasteiger partial charge >= 0.3 is 5.97 Å². The van der Waals surface area contributed by atoms with E-state index in [0.29, 0.717) is 16.3 Å². The average Bonchev–Trinajstić information content (AvgIpc) is 2.57. The molecule has 23 heavy (non-hydrogen) atoms. The van der Waals surface area contributed by atoms with Crippen LogP contribution in [0.3, 0.4) is 0 Å². The molecule has 0 aromatic heterocycles. The average molecular weight is 333 g/mol. The van der Waals surface area contributed by atoms with Crippen LogP contribution in [0.25, 0.3) is 0 Å². The molecule has 0 bridgehead atoms. The summed E-state index contributed by atoms with van der Waals surface area (Å²) in [5.41, 5.74) is 1.10. The van der Waals surface area contributed by atoms with E-state index in [2.05, 4.69) is 10.6 Å². The first-order valence-electron chi connectivity index (χ1n) is 7.15. The number of ether oxygens (including phenoxy) is 1. The van der Waals surface area contributed by atoms with Crippen molar-refractivity contribution in [2.75, 3.05) is 11.9 Å². The number of hydrogen-bond acceptors (Lipinski definition) is 4. The van der Waals surface area contributed by atoms with Gasteiger partial charge in [-0.1, -0.05) is 29.8 Å². The number of carbonyl (C=O) groups excluding carboxylic acids is 2. The fraction of sp³-hybridized carbons (Fsp3) is 0.176. The van der Waals surface area contributed by atoms with Crippen molar-refractivity contribution < 1.29 is 14.3 Å². The monoisotopic (exact) mass is 332 g/mol. The largest absolute Gasteiger partial charge is 0.463 e. The summed E-state index contributed by atoms with van der Waals surface area (Å²) >= 11 is 5.84. The van der Waals surface area contributed by atoms with Crippen molar-refractivity contribution in [2.45, 2.75) is 13.1 Å². The Morgan fingerprint density at radius 3 is 2.35 bits per heavy atom. The Labute approximate surface area is 139 Å². The van der Waals surface area contributed by atoms with Crippen LogP contribution < -0.4 is 10.6 Å². The summed E-state index contributed by atoms with van der Waals surface area (Å²) in [4.78, 5) is 24.3. The molecule has 5 nitrogen and oxygen atoms in total. The molecule has 1 unspecified atom stereocenters. The first kappa shape index (κ1) is 16.8. The van der Waals surface area contributed by atoms with Gasteiger partial charge in [0.2, 0.25) is 0 Å². The fourth-order valence-electron chi connectivity index (χ4n) is 1.90. The molecule has 1 atom stereocenters. The summed E-state index contributed by atoms with van der Waals surface area (Å²) in [7, 11) is 0. The molecule has 1 amide bonds. The van der Waals surface area contributed by atoms with Crippen molar-refractivity contribution in [1.29, 1.82) is 0 Å². The molecule has 0 aliphatic heterocycles. The van der Waals surface area contributed by atoms with Gasteiger partial charge in [0.1, 0.15) is 0 Å². The highest BCUT2D eigenvalue weighted by atomic mass is 35.5. The van der Waals surface area contributed by atoms with E-state index in [-0.39, 0.29) is 12.5 Å². The molecule has 0 fully saturated rings. The van der Waals surface area contributed by atoms with Crippen LogP contribution in [0.2, 0.25) is 5.02 Å². The lowest BCUT2D eigenvalue weighted by atomic mass is 10.2. The van der Waals surface area contributed by atoms with E-state index >= 15 is 0 Å². The molecule has 0 radical (unpaired) electrons. The molecule has 2 aromatic carbocycles. The number of halogens is 1. The van der Waals surface area contributed by atoms with Crippen LogP contribution in [0, 0.1) is 0 Å². The maximum atomic E-state index is 12.2. The third-order valence-electron chi connectivity index (χ3n) is 2.99. The van der Waals surface area contributed by atoms with E-state index in [0.717, 1.165) is 0 Å². The highest BCUT2D eigenvalue weighted by molar-refractivity contribution is 6.30. The fourth-order valence-corrected chi connectivity index (χ4v) is 2.02. The van der Waals surface area contributed by atoms with E-state index < -0.39 is 12.1 Å². The van der Waals surface area contributed by atoms with E-state index in [1.54, 1.807) is 55.5 Å². The zero-order valence-electron chi connectivity index (χ0n) is 12.6. The predicted octanol–water partition coefficient (Wildman–Crippen LogP) is 3.07. The van der Waals surface area contributed by atoms with Crippen molar-refractivity contribution in [3.05, 3.63) is 65.2 Å². The van der Waals surface area contributed by atoms with Gasteiger partial charge in [-0.05, 0) is 43.3 Å². The minimum atomic E-state index is -0.996. The Bertz CT molecular complexity index is 659. The number of anilines is 1. The molecular weight excluding hydrogens is 316 g/mol. The lowest BCUT2D eigenvalue weighted by Gasteiger charge is -2.19. The second-order valence-electron chi connectivity index (χ2n) is 4.68. The molecule has 120 valence electrons. The van der Waals surface area contributed by atoms with Crippen molar-refractivity contribution in [2.24, 2.45) is 0 Å². The summed E-state index contributed by atoms with van der Waals surface area (Å²) < 4.78 is 4.99.